The van der Waals surface area contributed by atoms with Crippen LogP contribution in [0.3, 0.4) is 0 Å². The number of methoxy groups -OCH3 is 2. The van der Waals surface area contributed by atoms with E-state index in [1.54, 1.807) is 14.2 Å². The van der Waals surface area contributed by atoms with Crippen molar-refractivity contribution in [2.45, 2.75) is 12.8 Å². The lowest BCUT2D eigenvalue weighted by Gasteiger charge is -2.06. The molecule has 0 spiro atoms. The van der Waals surface area contributed by atoms with Crippen molar-refractivity contribution < 1.29 is 9.47 Å². The third-order valence-electron chi connectivity index (χ3n) is 2.72. The first-order valence-corrected chi connectivity index (χ1v) is 6.82. The van der Waals surface area contributed by atoms with Gasteiger partial charge in [-0.2, -0.15) is 0 Å². The SMILES string of the molecule is COCCNCCC=CCc1cc(Cl)ccc1OC. The summed E-state index contributed by atoms with van der Waals surface area (Å²) < 4.78 is 10.3. The standard InChI is InChI=1S/C15H22ClNO2/c1-18-11-10-17-9-5-3-4-6-13-12-14(16)7-8-15(13)19-2/h3-4,7-8,12,17H,5-6,9-11H2,1-2H3. The highest BCUT2D eigenvalue weighted by Crippen LogP contribution is 2.23. The molecule has 0 atom stereocenters. The lowest BCUT2D eigenvalue weighted by Crippen LogP contribution is -2.19. The Morgan fingerprint density at radius 1 is 1.21 bits per heavy atom. The molecule has 19 heavy (non-hydrogen) atoms. The zero-order valence-corrected chi connectivity index (χ0v) is 12.4. The number of allylic oxidation sites excluding steroid dienone is 1. The number of halogens is 1. The van der Waals surface area contributed by atoms with Gasteiger partial charge in [-0.25, -0.2) is 0 Å². The van der Waals surface area contributed by atoms with Crippen LogP contribution in [0, 0.1) is 0 Å². The van der Waals surface area contributed by atoms with Gasteiger partial charge in [-0.05, 0) is 43.1 Å². The molecule has 1 aromatic carbocycles. The number of nitrogens with one attached hydrogen (secondary N) is 1. The summed E-state index contributed by atoms with van der Waals surface area (Å²) in [7, 11) is 3.39. The maximum absolute atomic E-state index is 5.98. The maximum atomic E-state index is 5.98. The zero-order chi connectivity index (χ0) is 13.9. The van der Waals surface area contributed by atoms with Crippen molar-refractivity contribution >= 4 is 11.6 Å². The molecule has 1 rings (SSSR count). The van der Waals surface area contributed by atoms with E-state index in [9.17, 15) is 0 Å². The van der Waals surface area contributed by atoms with Crippen LogP contribution in [-0.2, 0) is 11.2 Å². The second kappa shape index (κ2) is 9.84. The van der Waals surface area contributed by atoms with Gasteiger partial charge in [0.2, 0.25) is 0 Å². The van der Waals surface area contributed by atoms with Gasteiger partial charge in [-0.15, -0.1) is 0 Å². The quantitative estimate of drug-likeness (QED) is 0.558. The van der Waals surface area contributed by atoms with Crippen LogP contribution in [0.15, 0.2) is 30.4 Å². The molecule has 3 nitrogen and oxygen atoms in total. The molecule has 0 aliphatic carbocycles. The summed E-state index contributed by atoms with van der Waals surface area (Å²) in [6.45, 7) is 2.61. The van der Waals surface area contributed by atoms with E-state index < -0.39 is 0 Å². The van der Waals surface area contributed by atoms with Crippen molar-refractivity contribution in [3.63, 3.8) is 0 Å². The van der Waals surface area contributed by atoms with E-state index in [1.807, 2.05) is 18.2 Å². The number of rotatable bonds is 9. The minimum absolute atomic E-state index is 0.741. The molecule has 1 aromatic rings. The molecule has 0 saturated carbocycles. The number of hydrogen-bond acceptors (Lipinski definition) is 3. The van der Waals surface area contributed by atoms with Gasteiger partial charge in [0.15, 0.2) is 0 Å². The Labute approximate surface area is 120 Å². The molecule has 0 unspecified atom stereocenters. The summed E-state index contributed by atoms with van der Waals surface area (Å²) in [6.07, 6.45) is 6.15. The summed E-state index contributed by atoms with van der Waals surface area (Å²) in [5, 5.41) is 4.04. The van der Waals surface area contributed by atoms with Crippen molar-refractivity contribution in [1.29, 1.82) is 0 Å². The van der Waals surface area contributed by atoms with E-state index in [2.05, 4.69) is 17.5 Å². The molecular formula is C15H22ClNO2. The average molecular weight is 284 g/mol. The predicted molar refractivity (Wildman–Crippen MR) is 80.2 cm³/mol. The predicted octanol–water partition coefficient (Wildman–Crippen LogP) is 3.07. The molecule has 0 aromatic heterocycles. The Balaban J connectivity index is 2.29. The van der Waals surface area contributed by atoms with Crippen molar-refractivity contribution in [1.82, 2.24) is 5.32 Å². The van der Waals surface area contributed by atoms with Crippen LogP contribution in [0.2, 0.25) is 5.02 Å². The molecule has 0 bridgehead atoms. The van der Waals surface area contributed by atoms with E-state index in [0.717, 1.165) is 48.9 Å². The van der Waals surface area contributed by atoms with Crippen LogP contribution in [0.1, 0.15) is 12.0 Å². The molecule has 0 amide bonds. The van der Waals surface area contributed by atoms with Gasteiger partial charge in [0.1, 0.15) is 5.75 Å². The first-order valence-electron chi connectivity index (χ1n) is 6.45. The lowest BCUT2D eigenvalue weighted by molar-refractivity contribution is 0.199. The fourth-order valence-corrected chi connectivity index (χ4v) is 1.91. The molecule has 1 N–H and O–H groups in total. The van der Waals surface area contributed by atoms with Crippen LogP contribution in [0.5, 0.6) is 5.75 Å². The average Bonchev–Trinajstić information content (AvgIpc) is 2.42. The van der Waals surface area contributed by atoms with E-state index in [-0.39, 0.29) is 0 Å². The molecule has 0 radical (unpaired) electrons. The second-order valence-corrected chi connectivity index (χ2v) is 4.60. The third-order valence-corrected chi connectivity index (χ3v) is 2.95. The van der Waals surface area contributed by atoms with Gasteiger partial charge in [0.05, 0.1) is 13.7 Å². The summed E-state index contributed by atoms with van der Waals surface area (Å²) in [6, 6.07) is 5.69. The van der Waals surface area contributed by atoms with E-state index >= 15 is 0 Å². The maximum Gasteiger partial charge on any atom is 0.122 e. The monoisotopic (exact) mass is 283 g/mol. The normalized spacial score (nSPS) is 11.1. The molecular weight excluding hydrogens is 262 g/mol. The van der Waals surface area contributed by atoms with Crippen molar-refractivity contribution in [2.24, 2.45) is 0 Å². The lowest BCUT2D eigenvalue weighted by atomic mass is 10.1. The molecule has 0 fully saturated rings. The van der Waals surface area contributed by atoms with Crippen molar-refractivity contribution in [3.05, 3.63) is 40.9 Å². The largest absolute Gasteiger partial charge is 0.496 e. The van der Waals surface area contributed by atoms with Gasteiger partial charge < -0.3 is 14.8 Å². The molecule has 106 valence electrons. The number of ether oxygens (including phenoxy) is 2. The van der Waals surface area contributed by atoms with Crippen molar-refractivity contribution in [2.75, 3.05) is 33.9 Å². The highest BCUT2D eigenvalue weighted by Gasteiger charge is 2.01. The summed E-state index contributed by atoms with van der Waals surface area (Å²) in [5.74, 6) is 0.882. The van der Waals surface area contributed by atoms with Gasteiger partial charge in [0.25, 0.3) is 0 Å². The summed E-state index contributed by atoms with van der Waals surface area (Å²) >= 11 is 5.98. The Bertz CT molecular complexity index is 394. The first-order chi connectivity index (χ1) is 9.27. The number of benzene rings is 1. The third kappa shape index (κ3) is 6.62. The minimum atomic E-state index is 0.741. The topological polar surface area (TPSA) is 30.5 Å². The fourth-order valence-electron chi connectivity index (χ4n) is 1.72. The van der Waals surface area contributed by atoms with Crippen LogP contribution < -0.4 is 10.1 Å². The van der Waals surface area contributed by atoms with Crippen LogP contribution in [0.4, 0.5) is 0 Å². The summed E-state index contributed by atoms with van der Waals surface area (Å²) in [4.78, 5) is 0. The molecule has 0 heterocycles. The highest BCUT2D eigenvalue weighted by molar-refractivity contribution is 6.30. The van der Waals surface area contributed by atoms with Crippen LogP contribution in [0.25, 0.3) is 0 Å². The van der Waals surface area contributed by atoms with E-state index in [4.69, 9.17) is 21.1 Å². The van der Waals surface area contributed by atoms with Gasteiger partial charge in [-0.1, -0.05) is 23.8 Å². The Morgan fingerprint density at radius 2 is 2.05 bits per heavy atom. The molecule has 4 heteroatoms. The zero-order valence-electron chi connectivity index (χ0n) is 11.6. The number of hydrogen-bond donors (Lipinski definition) is 1. The smallest absolute Gasteiger partial charge is 0.122 e. The van der Waals surface area contributed by atoms with Gasteiger partial charge in [0, 0.05) is 18.7 Å². The van der Waals surface area contributed by atoms with Gasteiger partial charge >= 0.3 is 0 Å². The molecule has 0 aliphatic heterocycles. The van der Waals surface area contributed by atoms with E-state index in [0.29, 0.717) is 0 Å². The first kappa shape index (κ1) is 16.0. The molecule has 0 aliphatic rings. The minimum Gasteiger partial charge on any atom is -0.496 e. The fraction of sp³-hybridized carbons (Fsp3) is 0.467. The van der Waals surface area contributed by atoms with E-state index in [1.165, 1.54) is 0 Å². The van der Waals surface area contributed by atoms with Crippen LogP contribution >= 0.6 is 11.6 Å². The Kier molecular flexibility index (Phi) is 8.30. The van der Waals surface area contributed by atoms with Crippen molar-refractivity contribution in [3.8, 4) is 5.75 Å². The Morgan fingerprint density at radius 3 is 2.79 bits per heavy atom. The highest BCUT2D eigenvalue weighted by atomic mass is 35.5. The Hall–Kier alpha value is -1.03. The summed E-state index contributed by atoms with van der Waals surface area (Å²) in [5.41, 5.74) is 1.11. The van der Waals surface area contributed by atoms with Crippen LogP contribution in [-0.4, -0.2) is 33.9 Å². The van der Waals surface area contributed by atoms with Gasteiger partial charge in [-0.3, -0.25) is 0 Å². The molecule has 0 saturated heterocycles. The second-order valence-electron chi connectivity index (χ2n) is 4.16.